The number of fused-ring (bicyclic) bond motifs is 1. The second-order valence-corrected chi connectivity index (χ2v) is 3.78. The largest absolute Gasteiger partial charge is 0.486 e. The maximum Gasteiger partial charge on any atom is 0.310 e. The SMILES string of the molecule is CC(C(=O)O)c1ccc(C=O)c2c1OCCO2. The number of carboxylic acids is 1. The molecule has 5 nitrogen and oxygen atoms in total. The molecule has 0 saturated heterocycles. The van der Waals surface area contributed by atoms with Crippen molar-refractivity contribution in [3.63, 3.8) is 0 Å². The second kappa shape index (κ2) is 4.45. The Balaban J connectivity index is 2.54. The summed E-state index contributed by atoms with van der Waals surface area (Å²) in [5.74, 6) is -0.932. The van der Waals surface area contributed by atoms with Crippen LogP contribution in [-0.4, -0.2) is 30.6 Å². The van der Waals surface area contributed by atoms with Gasteiger partial charge in [0.05, 0.1) is 11.5 Å². The lowest BCUT2D eigenvalue weighted by atomic mass is 9.97. The molecule has 0 bridgehead atoms. The zero-order valence-corrected chi connectivity index (χ0v) is 9.30. The summed E-state index contributed by atoms with van der Waals surface area (Å²) in [4.78, 5) is 21.8. The predicted octanol–water partition coefficient (Wildman–Crippen LogP) is 1.46. The molecule has 1 aliphatic heterocycles. The second-order valence-electron chi connectivity index (χ2n) is 3.78. The van der Waals surface area contributed by atoms with Crippen molar-refractivity contribution in [2.45, 2.75) is 12.8 Å². The van der Waals surface area contributed by atoms with E-state index in [0.717, 1.165) is 0 Å². The maximum atomic E-state index is 11.0. The minimum Gasteiger partial charge on any atom is -0.486 e. The Hall–Kier alpha value is -2.04. The third-order valence-corrected chi connectivity index (χ3v) is 2.71. The van der Waals surface area contributed by atoms with Gasteiger partial charge in [0.1, 0.15) is 13.2 Å². The van der Waals surface area contributed by atoms with E-state index < -0.39 is 11.9 Å². The molecule has 0 aliphatic carbocycles. The molecular formula is C12H12O5. The molecule has 0 fully saturated rings. The average Bonchev–Trinajstić information content (AvgIpc) is 2.36. The number of rotatable bonds is 3. The normalized spacial score (nSPS) is 15.1. The molecule has 0 saturated carbocycles. The molecule has 0 radical (unpaired) electrons. The van der Waals surface area contributed by atoms with E-state index in [1.807, 2.05) is 0 Å². The summed E-state index contributed by atoms with van der Waals surface area (Å²) in [5.41, 5.74) is 0.902. The molecule has 5 heteroatoms. The zero-order valence-electron chi connectivity index (χ0n) is 9.30. The van der Waals surface area contributed by atoms with Crippen molar-refractivity contribution < 1.29 is 24.2 Å². The summed E-state index contributed by atoms with van der Waals surface area (Å²) >= 11 is 0. The van der Waals surface area contributed by atoms with Crippen molar-refractivity contribution in [2.24, 2.45) is 0 Å². The molecule has 2 rings (SSSR count). The highest BCUT2D eigenvalue weighted by molar-refractivity contribution is 5.84. The fraction of sp³-hybridized carbons (Fsp3) is 0.333. The molecule has 0 amide bonds. The zero-order chi connectivity index (χ0) is 12.4. The first-order valence-corrected chi connectivity index (χ1v) is 5.25. The number of benzene rings is 1. The van der Waals surface area contributed by atoms with Gasteiger partial charge in [-0.2, -0.15) is 0 Å². The van der Waals surface area contributed by atoms with Crippen LogP contribution in [0.2, 0.25) is 0 Å². The topological polar surface area (TPSA) is 72.8 Å². The Morgan fingerprint density at radius 3 is 2.59 bits per heavy atom. The average molecular weight is 236 g/mol. The van der Waals surface area contributed by atoms with E-state index in [1.165, 1.54) is 0 Å². The molecular weight excluding hydrogens is 224 g/mol. The van der Waals surface area contributed by atoms with Gasteiger partial charge in [0, 0.05) is 5.56 Å². The molecule has 17 heavy (non-hydrogen) atoms. The fourth-order valence-electron chi connectivity index (χ4n) is 1.75. The smallest absolute Gasteiger partial charge is 0.310 e. The monoisotopic (exact) mass is 236 g/mol. The Morgan fingerprint density at radius 1 is 1.35 bits per heavy atom. The quantitative estimate of drug-likeness (QED) is 0.804. The van der Waals surface area contributed by atoms with Crippen LogP contribution in [0.1, 0.15) is 28.8 Å². The van der Waals surface area contributed by atoms with Gasteiger partial charge in [-0.15, -0.1) is 0 Å². The molecule has 1 unspecified atom stereocenters. The number of hydrogen-bond donors (Lipinski definition) is 1. The minimum atomic E-state index is -0.944. The molecule has 1 atom stereocenters. The summed E-state index contributed by atoms with van der Waals surface area (Å²) in [7, 11) is 0. The number of carbonyl (C=O) groups is 2. The molecule has 0 aromatic heterocycles. The highest BCUT2D eigenvalue weighted by Gasteiger charge is 2.25. The number of carbonyl (C=O) groups excluding carboxylic acids is 1. The summed E-state index contributed by atoms with van der Waals surface area (Å²) in [6.45, 7) is 2.28. The van der Waals surface area contributed by atoms with E-state index >= 15 is 0 Å². The highest BCUT2D eigenvalue weighted by Crippen LogP contribution is 2.39. The first kappa shape index (κ1) is 11.4. The molecule has 1 aromatic rings. The van der Waals surface area contributed by atoms with Crippen molar-refractivity contribution in [2.75, 3.05) is 13.2 Å². The number of hydrogen-bond acceptors (Lipinski definition) is 4. The van der Waals surface area contributed by atoms with Gasteiger partial charge in [-0.05, 0) is 13.0 Å². The standard InChI is InChI=1S/C12H12O5/c1-7(12(14)15)9-3-2-8(6-13)10-11(9)17-5-4-16-10/h2-3,6-7H,4-5H2,1H3,(H,14,15). The lowest BCUT2D eigenvalue weighted by molar-refractivity contribution is -0.138. The van der Waals surface area contributed by atoms with E-state index in [0.29, 0.717) is 42.1 Å². The van der Waals surface area contributed by atoms with Gasteiger partial charge >= 0.3 is 5.97 Å². The maximum absolute atomic E-state index is 11.0. The van der Waals surface area contributed by atoms with Gasteiger partial charge in [0.2, 0.25) is 0 Å². The van der Waals surface area contributed by atoms with Crippen molar-refractivity contribution in [3.8, 4) is 11.5 Å². The van der Waals surface area contributed by atoms with E-state index in [2.05, 4.69) is 0 Å². The van der Waals surface area contributed by atoms with Gasteiger partial charge in [-0.25, -0.2) is 0 Å². The summed E-state index contributed by atoms with van der Waals surface area (Å²) in [5, 5.41) is 9.00. The number of ether oxygens (including phenoxy) is 2. The van der Waals surface area contributed by atoms with Gasteiger partial charge < -0.3 is 14.6 Å². The molecule has 0 spiro atoms. The van der Waals surface area contributed by atoms with Crippen LogP contribution in [0.25, 0.3) is 0 Å². The fourth-order valence-corrected chi connectivity index (χ4v) is 1.75. The van der Waals surface area contributed by atoms with Crippen LogP contribution in [0.4, 0.5) is 0 Å². The van der Waals surface area contributed by atoms with Crippen LogP contribution in [0, 0.1) is 0 Å². The number of aldehydes is 1. The van der Waals surface area contributed by atoms with E-state index in [9.17, 15) is 9.59 Å². The lowest BCUT2D eigenvalue weighted by Gasteiger charge is -2.23. The van der Waals surface area contributed by atoms with E-state index in [-0.39, 0.29) is 0 Å². The summed E-state index contributed by atoms with van der Waals surface area (Å²) in [6.07, 6.45) is 0.669. The first-order chi connectivity index (χ1) is 8.15. The van der Waals surface area contributed by atoms with Gasteiger partial charge in [-0.1, -0.05) is 6.07 Å². The first-order valence-electron chi connectivity index (χ1n) is 5.25. The number of carboxylic acid groups (broad SMARTS) is 1. The molecule has 1 N–H and O–H groups in total. The Labute approximate surface area is 98.0 Å². The summed E-state index contributed by atoms with van der Waals surface area (Å²) in [6, 6.07) is 3.14. The Bertz CT molecular complexity index is 466. The Morgan fingerprint density at radius 2 is 2.00 bits per heavy atom. The Kier molecular flexibility index (Phi) is 2.99. The van der Waals surface area contributed by atoms with Crippen molar-refractivity contribution in [1.29, 1.82) is 0 Å². The molecule has 90 valence electrons. The third-order valence-electron chi connectivity index (χ3n) is 2.71. The van der Waals surface area contributed by atoms with Crippen LogP contribution in [0.3, 0.4) is 0 Å². The van der Waals surface area contributed by atoms with Gasteiger partial charge in [0.15, 0.2) is 17.8 Å². The van der Waals surface area contributed by atoms with Crippen LogP contribution in [0.5, 0.6) is 11.5 Å². The van der Waals surface area contributed by atoms with Gasteiger partial charge in [0.25, 0.3) is 0 Å². The van der Waals surface area contributed by atoms with Crippen LogP contribution >= 0.6 is 0 Å². The third kappa shape index (κ3) is 1.95. The molecule has 1 aliphatic rings. The van der Waals surface area contributed by atoms with Crippen molar-refractivity contribution >= 4 is 12.3 Å². The van der Waals surface area contributed by atoms with Crippen LogP contribution in [-0.2, 0) is 4.79 Å². The predicted molar refractivity (Wildman–Crippen MR) is 58.9 cm³/mol. The van der Waals surface area contributed by atoms with Gasteiger partial charge in [-0.3, -0.25) is 9.59 Å². The van der Waals surface area contributed by atoms with Crippen LogP contribution in [0.15, 0.2) is 12.1 Å². The van der Waals surface area contributed by atoms with E-state index in [4.69, 9.17) is 14.6 Å². The molecule has 1 heterocycles. The van der Waals surface area contributed by atoms with E-state index in [1.54, 1.807) is 19.1 Å². The summed E-state index contributed by atoms with van der Waals surface area (Å²) < 4.78 is 10.8. The van der Waals surface area contributed by atoms with Crippen molar-refractivity contribution in [1.82, 2.24) is 0 Å². The number of aliphatic carboxylic acids is 1. The van der Waals surface area contributed by atoms with Crippen molar-refractivity contribution in [3.05, 3.63) is 23.3 Å². The molecule has 1 aromatic carbocycles. The lowest BCUT2D eigenvalue weighted by Crippen LogP contribution is -2.19. The highest BCUT2D eigenvalue weighted by atomic mass is 16.6. The minimum absolute atomic E-state index is 0.344. The van der Waals surface area contributed by atoms with Crippen LogP contribution < -0.4 is 9.47 Å².